The van der Waals surface area contributed by atoms with Crippen LogP contribution < -0.4 is 20.1 Å². The Bertz CT molecular complexity index is 859. The fraction of sp³-hybridized carbons (Fsp3) is 0.333. The molecule has 0 spiro atoms. The van der Waals surface area contributed by atoms with E-state index >= 15 is 0 Å². The molecule has 27 heavy (non-hydrogen) atoms. The van der Waals surface area contributed by atoms with Crippen molar-refractivity contribution < 1.29 is 19.1 Å². The first-order valence-corrected chi connectivity index (χ1v) is 8.61. The van der Waals surface area contributed by atoms with Crippen molar-refractivity contribution in [2.24, 2.45) is 5.41 Å². The number of hydrogen-bond donors (Lipinski definition) is 2. The van der Waals surface area contributed by atoms with E-state index in [1.54, 1.807) is 32.0 Å². The lowest BCUT2D eigenvalue weighted by Crippen LogP contribution is -2.41. The Kier molecular flexibility index (Phi) is 6.10. The van der Waals surface area contributed by atoms with E-state index in [0.717, 1.165) is 11.1 Å². The summed E-state index contributed by atoms with van der Waals surface area (Å²) in [5.41, 5.74) is 1.79. The van der Waals surface area contributed by atoms with E-state index in [1.807, 2.05) is 32.0 Å². The Morgan fingerprint density at radius 3 is 2.07 bits per heavy atom. The molecule has 2 aromatic carbocycles. The van der Waals surface area contributed by atoms with Crippen LogP contribution in [0.1, 0.15) is 25.0 Å². The topological polar surface area (TPSA) is 76.7 Å². The summed E-state index contributed by atoms with van der Waals surface area (Å²) in [4.78, 5) is 25.6. The number of anilines is 2. The van der Waals surface area contributed by atoms with Crippen LogP contribution >= 0.6 is 0 Å². The van der Waals surface area contributed by atoms with E-state index in [2.05, 4.69) is 10.6 Å². The van der Waals surface area contributed by atoms with Gasteiger partial charge in [-0.05, 0) is 57.0 Å². The minimum absolute atomic E-state index is 0.393. The first-order chi connectivity index (χ1) is 12.7. The van der Waals surface area contributed by atoms with E-state index in [9.17, 15) is 9.59 Å². The zero-order valence-corrected chi connectivity index (χ0v) is 16.6. The van der Waals surface area contributed by atoms with Gasteiger partial charge in [-0.3, -0.25) is 9.59 Å². The number of methoxy groups -OCH3 is 2. The summed E-state index contributed by atoms with van der Waals surface area (Å²) >= 11 is 0. The molecular formula is C21H26N2O4. The number of benzene rings is 2. The largest absolute Gasteiger partial charge is 0.497 e. The second-order valence-corrected chi connectivity index (χ2v) is 6.92. The first-order valence-electron chi connectivity index (χ1n) is 8.61. The predicted octanol–water partition coefficient (Wildman–Crippen LogP) is 3.92. The van der Waals surface area contributed by atoms with Gasteiger partial charge in [0, 0.05) is 11.8 Å². The maximum absolute atomic E-state index is 12.8. The highest BCUT2D eigenvalue weighted by Gasteiger charge is 2.36. The summed E-state index contributed by atoms with van der Waals surface area (Å²) in [7, 11) is 3.05. The van der Waals surface area contributed by atoms with Crippen molar-refractivity contribution in [2.75, 3.05) is 24.9 Å². The molecule has 0 bridgehead atoms. The van der Waals surface area contributed by atoms with Gasteiger partial charge in [-0.2, -0.15) is 0 Å². The fourth-order valence-electron chi connectivity index (χ4n) is 2.44. The number of carbonyl (C=O) groups is 2. The number of hydrogen-bond acceptors (Lipinski definition) is 4. The van der Waals surface area contributed by atoms with Crippen LogP contribution in [0.25, 0.3) is 0 Å². The van der Waals surface area contributed by atoms with Crippen molar-refractivity contribution >= 4 is 23.2 Å². The summed E-state index contributed by atoms with van der Waals surface area (Å²) in [6.45, 7) is 7.01. The van der Waals surface area contributed by atoms with Gasteiger partial charge < -0.3 is 20.1 Å². The van der Waals surface area contributed by atoms with Crippen LogP contribution in [-0.2, 0) is 9.59 Å². The zero-order valence-electron chi connectivity index (χ0n) is 16.6. The standard InChI is InChI=1S/C21H26N2O4/c1-13-7-8-14(2)16(11-13)22-19(24)21(3,4)20(25)23-17-12-15(26-5)9-10-18(17)27-6/h7-12H,1-6H3,(H,22,24)(H,23,25). The minimum atomic E-state index is -1.30. The molecule has 0 saturated carbocycles. The van der Waals surface area contributed by atoms with E-state index in [4.69, 9.17) is 9.47 Å². The Balaban J connectivity index is 2.21. The van der Waals surface area contributed by atoms with E-state index in [0.29, 0.717) is 22.9 Å². The van der Waals surface area contributed by atoms with Gasteiger partial charge in [0.1, 0.15) is 16.9 Å². The molecule has 0 unspecified atom stereocenters. The smallest absolute Gasteiger partial charge is 0.239 e. The lowest BCUT2D eigenvalue weighted by molar-refractivity contribution is -0.135. The normalized spacial score (nSPS) is 10.9. The third kappa shape index (κ3) is 4.58. The molecule has 2 rings (SSSR count). The van der Waals surface area contributed by atoms with Gasteiger partial charge in [-0.25, -0.2) is 0 Å². The molecule has 144 valence electrons. The van der Waals surface area contributed by atoms with Crippen molar-refractivity contribution in [3.8, 4) is 11.5 Å². The molecule has 6 heteroatoms. The van der Waals surface area contributed by atoms with Gasteiger partial charge in [0.15, 0.2) is 0 Å². The maximum atomic E-state index is 12.8. The number of aryl methyl sites for hydroxylation is 2. The molecule has 0 aliphatic carbocycles. The van der Waals surface area contributed by atoms with Gasteiger partial charge in [0.25, 0.3) is 0 Å². The highest BCUT2D eigenvalue weighted by Crippen LogP contribution is 2.31. The summed E-state index contributed by atoms with van der Waals surface area (Å²) in [6, 6.07) is 10.9. The first kappa shape index (κ1) is 20.3. The van der Waals surface area contributed by atoms with Crippen molar-refractivity contribution in [1.29, 1.82) is 0 Å². The molecular weight excluding hydrogens is 344 g/mol. The van der Waals surface area contributed by atoms with Crippen LogP contribution in [0.3, 0.4) is 0 Å². The van der Waals surface area contributed by atoms with Gasteiger partial charge in [0.05, 0.1) is 19.9 Å². The van der Waals surface area contributed by atoms with Crippen molar-refractivity contribution in [2.45, 2.75) is 27.7 Å². The van der Waals surface area contributed by atoms with E-state index in [-0.39, 0.29) is 0 Å². The van der Waals surface area contributed by atoms with Crippen LogP contribution in [0.5, 0.6) is 11.5 Å². The third-order valence-electron chi connectivity index (χ3n) is 4.43. The van der Waals surface area contributed by atoms with Gasteiger partial charge >= 0.3 is 0 Å². The molecule has 2 aromatic rings. The predicted molar refractivity (Wildman–Crippen MR) is 107 cm³/mol. The highest BCUT2D eigenvalue weighted by atomic mass is 16.5. The Labute approximate surface area is 159 Å². The SMILES string of the molecule is COc1ccc(OC)c(NC(=O)C(C)(C)C(=O)Nc2cc(C)ccc2C)c1. The molecule has 0 saturated heterocycles. The van der Waals surface area contributed by atoms with E-state index in [1.165, 1.54) is 14.2 Å². The minimum Gasteiger partial charge on any atom is -0.497 e. The molecule has 2 amide bonds. The molecule has 0 aromatic heterocycles. The number of carbonyl (C=O) groups excluding carboxylic acids is 2. The summed E-state index contributed by atoms with van der Waals surface area (Å²) < 4.78 is 10.5. The molecule has 0 aliphatic heterocycles. The second kappa shape index (κ2) is 8.12. The molecule has 0 fully saturated rings. The van der Waals surface area contributed by atoms with Gasteiger partial charge in [-0.1, -0.05) is 12.1 Å². The molecule has 6 nitrogen and oxygen atoms in total. The van der Waals surface area contributed by atoms with Crippen molar-refractivity contribution in [3.05, 3.63) is 47.5 Å². The van der Waals surface area contributed by atoms with Crippen LogP contribution in [-0.4, -0.2) is 26.0 Å². The quantitative estimate of drug-likeness (QED) is 0.756. The average Bonchev–Trinajstić information content (AvgIpc) is 2.64. The summed E-state index contributed by atoms with van der Waals surface area (Å²) in [5, 5.41) is 5.62. The highest BCUT2D eigenvalue weighted by molar-refractivity contribution is 6.14. The lowest BCUT2D eigenvalue weighted by atomic mass is 9.90. The van der Waals surface area contributed by atoms with Crippen molar-refractivity contribution in [3.63, 3.8) is 0 Å². The molecule has 0 atom stereocenters. The van der Waals surface area contributed by atoms with Crippen LogP contribution in [0.2, 0.25) is 0 Å². The van der Waals surface area contributed by atoms with Crippen molar-refractivity contribution in [1.82, 2.24) is 0 Å². The summed E-state index contributed by atoms with van der Waals surface area (Å²) in [6.07, 6.45) is 0. The summed E-state index contributed by atoms with van der Waals surface area (Å²) in [5.74, 6) is 0.214. The third-order valence-corrected chi connectivity index (χ3v) is 4.43. The number of nitrogens with one attached hydrogen (secondary N) is 2. The number of rotatable bonds is 6. The Hall–Kier alpha value is -3.02. The van der Waals surface area contributed by atoms with Crippen LogP contribution in [0, 0.1) is 19.3 Å². The Morgan fingerprint density at radius 1 is 0.852 bits per heavy atom. The lowest BCUT2D eigenvalue weighted by Gasteiger charge is -2.24. The second-order valence-electron chi connectivity index (χ2n) is 6.92. The van der Waals surface area contributed by atoms with Crippen LogP contribution in [0.4, 0.5) is 11.4 Å². The van der Waals surface area contributed by atoms with E-state index < -0.39 is 17.2 Å². The number of amides is 2. The molecule has 2 N–H and O–H groups in total. The molecule has 0 radical (unpaired) electrons. The van der Waals surface area contributed by atoms with Gasteiger partial charge in [-0.15, -0.1) is 0 Å². The monoisotopic (exact) mass is 370 g/mol. The average molecular weight is 370 g/mol. The van der Waals surface area contributed by atoms with Crippen LogP contribution in [0.15, 0.2) is 36.4 Å². The fourth-order valence-corrected chi connectivity index (χ4v) is 2.44. The molecule has 0 aliphatic rings. The number of ether oxygens (including phenoxy) is 2. The van der Waals surface area contributed by atoms with Gasteiger partial charge in [0.2, 0.25) is 11.8 Å². The Morgan fingerprint density at radius 2 is 1.48 bits per heavy atom. The molecule has 0 heterocycles. The zero-order chi connectivity index (χ0) is 20.2. The maximum Gasteiger partial charge on any atom is 0.239 e.